The molecule has 0 heterocycles. The summed E-state index contributed by atoms with van der Waals surface area (Å²) in [5, 5.41) is 0. The molecular weight excluding hydrogens is 242 g/mol. The lowest BCUT2D eigenvalue weighted by Gasteiger charge is -2.22. The highest BCUT2D eigenvalue weighted by molar-refractivity contribution is 5.80. The molecule has 18 heavy (non-hydrogen) atoms. The second-order valence-electron chi connectivity index (χ2n) is 3.90. The third-order valence-corrected chi connectivity index (χ3v) is 2.55. The number of nitrogens with zero attached hydrogens (tertiary/aromatic N) is 1. The first-order valence-corrected chi connectivity index (χ1v) is 5.41. The number of likely N-dealkylation sites (N-methyl/N-ethyl adjacent to an activating group) is 1. The summed E-state index contributed by atoms with van der Waals surface area (Å²) in [6, 6.07) is 3.51. The van der Waals surface area contributed by atoms with Crippen molar-refractivity contribution in [2.45, 2.75) is 12.6 Å². The highest BCUT2D eigenvalue weighted by atomic mass is 19.2. The molecule has 0 spiro atoms. The van der Waals surface area contributed by atoms with E-state index in [-0.39, 0.29) is 19.0 Å². The molecular formula is C12H16F2N2O2. The van der Waals surface area contributed by atoms with E-state index >= 15 is 0 Å². The average molecular weight is 258 g/mol. The number of carbonyl (C=O) groups excluding carboxylic acids is 1. The summed E-state index contributed by atoms with van der Waals surface area (Å²) in [7, 11) is 2.94. The maximum absolute atomic E-state index is 13.0. The number of ether oxygens (including phenoxy) is 1. The topological polar surface area (TPSA) is 55.6 Å². The Morgan fingerprint density at radius 2 is 2.11 bits per heavy atom. The number of nitrogens with two attached hydrogens (primary N) is 1. The van der Waals surface area contributed by atoms with Crippen molar-refractivity contribution in [3.05, 3.63) is 35.4 Å². The normalized spacial score (nSPS) is 12.3. The number of hydrogen-bond acceptors (Lipinski definition) is 3. The monoisotopic (exact) mass is 258 g/mol. The fraction of sp³-hybridized carbons (Fsp3) is 0.417. The van der Waals surface area contributed by atoms with Crippen molar-refractivity contribution in [3.63, 3.8) is 0 Å². The van der Waals surface area contributed by atoms with E-state index in [9.17, 15) is 13.6 Å². The second kappa shape index (κ2) is 6.42. The lowest BCUT2D eigenvalue weighted by molar-refractivity contribution is -0.140. The van der Waals surface area contributed by atoms with Crippen LogP contribution in [0.15, 0.2) is 18.2 Å². The molecule has 0 fully saturated rings. The molecule has 0 saturated heterocycles. The highest BCUT2D eigenvalue weighted by Gasteiger charge is 2.20. The standard InChI is InChI=1S/C12H16F2N2O2/c1-16(12(17)11(6-15)18-2)7-8-3-4-9(13)10(14)5-8/h3-5,11H,6-7,15H2,1-2H3. The van der Waals surface area contributed by atoms with Crippen LogP contribution in [0.1, 0.15) is 5.56 Å². The lowest BCUT2D eigenvalue weighted by Crippen LogP contribution is -2.41. The van der Waals surface area contributed by atoms with Gasteiger partial charge in [0.15, 0.2) is 11.6 Å². The molecule has 1 atom stereocenters. The van der Waals surface area contributed by atoms with Gasteiger partial charge in [0.2, 0.25) is 0 Å². The molecule has 0 bridgehead atoms. The van der Waals surface area contributed by atoms with E-state index in [1.165, 1.54) is 18.1 Å². The van der Waals surface area contributed by atoms with Gasteiger partial charge in [-0.05, 0) is 17.7 Å². The summed E-state index contributed by atoms with van der Waals surface area (Å²) in [5.74, 6) is -2.15. The summed E-state index contributed by atoms with van der Waals surface area (Å²) >= 11 is 0. The minimum Gasteiger partial charge on any atom is -0.370 e. The van der Waals surface area contributed by atoms with Crippen LogP contribution in [0.25, 0.3) is 0 Å². The molecule has 2 N–H and O–H groups in total. The molecule has 0 radical (unpaired) electrons. The van der Waals surface area contributed by atoms with Crippen molar-refractivity contribution >= 4 is 5.91 Å². The van der Waals surface area contributed by atoms with Crippen LogP contribution >= 0.6 is 0 Å². The van der Waals surface area contributed by atoms with E-state index < -0.39 is 17.7 Å². The molecule has 1 aromatic rings. The summed E-state index contributed by atoms with van der Waals surface area (Å²) in [6.07, 6.45) is -0.722. The van der Waals surface area contributed by atoms with Crippen molar-refractivity contribution in [1.82, 2.24) is 4.90 Å². The maximum atomic E-state index is 13.0. The molecule has 0 aliphatic rings. The molecule has 0 saturated carbocycles. The second-order valence-corrected chi connectivity index (χ2v) is 3.90. The Labute approximate surface area is 104 Å². The molecule has 4 nitrogen and oxygen atoms in total. The number of carbonyl (C=O) groups is 1. The number of halogens is 2. The van der Waals surface area contributed by atoms with Crippen LogP contribution in [-0.4, -0.2) is 37.6 Å². The Kier molecular flexibility index (Phi) is 5.18. The fourth-order valence-corrected chi connectivity index (χ4v) is 1.53. The zero-order valence-electron chi connectivity index (χ0n) is 10.3. The van der Waals surface area contributed by atoms with Crippen LogP contribution in [0.3, 0.4) is 0 Å². The number of rotatable bonds is 5. The summed E-state index contributed by atoms with van der Waals surface area (Å²) < 4.78 is 30.7. The van der Waals surface area contributed by atoms with Crippen molar-refractivity contribution in [2.24, 2.45) is 5.73 Å². The van der Waals surface area contributed by atoms with Gasteiger partial charge in [0, 0.05) is 27.2 Å². The SMILES string of the molecule is COC(CN)C(=O)N(C)Cc1ccc(F)c(F)c1. The van der Waals surface area contributed by atoms with E-state index in [4.69, 9.17) is 10.5 Å². The van der Waals surface area contributed by atoms with E-state index in [2.05, 4.69) is 0 Å². The number of amides is 1. The van der Waals surface area contributed by atoms with Gasteiger partial charge in [-0.1, -0.05) is 6.07 Å². The molecule has 1 amide bonds. The molecule has 0 aliphatic heterocycles. The lowest BCUT2D eigenvalue weighted by atomic mass is 10.2. The highest BCUT2D eigenvalue weighted by Crippen LogP contribution is 2.11. The van der Waals surface area contributed by atoms with Crippen LogP contribution in [-0.2, 0) is 16.1 Å². The van der Waals surface area contributed by atoms with Crippen LogP contribution in [0.5, 0.6) is 0 Å². The van der Waals surface area contributed by atoms with Gasteiger partial charge in [-0.3, -0.25) is 4.79 Å². The molecule has 1 rings (SSSR count). The largest absolute Gasteiger partial charge is 0.370 e. The molecule has 1 aromatic carbocycles. The van der Waals surface area contributed by atoms with E-state index in [1.54, 1.807) is 7.05 Å². The molecule has 0 aliphatic carbocycles. The van der Waals surface area contributed by atoms with Crippen molar-refractivity contribution < 1.29 is 18.3 Å². The Bertz CT molecular complexity index is 423. The zero-order valence-corrected chi connectivity index (χ0v) is 10.3. The smallest absolute Gasteiger partial charge is 0.253 e. The Balaban J connectivity index is 2.71. The first kappa shape index (κ1) is 14.5. The first-order valence-electron chi connectivity index (χ1n) is 5.41. The van der Waals surface area contributed by atoms with Crippen molar-refractivity contribution in [3.8, 4) is 0 Å². The van der Waals surface area contributed by atoms with Crippen molar-refractivity contribution in [2.75, 3.05) is 20.7 Å². The fourth-order valence-electron chi connectivity index (χ4n) is 1.53. The Hall–Kier alpha value is -1.53. The van der Waals surface area contributed by atoms with Crippen LogP contribution in [0, 0.1) is 11.6 Å². The number of benzene rings is 1. The molecule has 1 unspecified atom stereocenters. The maximum Gasteiger partial charge on any atom is 0.253 e. The minimum absolute atomic E-state index is 0.0669. The van der Waals surface area contributed by atoms with Gasteiger partial charge < -0.3 is 15.4 Å². The molecule has 0 aromatic heterocycles. The number of hydrogen-bond donors (Lipinski definition) is 1. The summed E-state index contributed by atoms with van der Waals surface area (Å²) in [6.45, 7) is 0.230. The summed E-state index contributed by atoms with van der Waals surface area (Å²) in [5.41, 5.74) is 5.87. The van der Waals surface area contributed by atoms with Crippen LogP contribution in [0.2, 0.25) is 0 Å². The van der Waals surface area contributed by atoms with Gasteiger partial charge in [0.1, 0.15) is 6.10 Å². The predicted octanol–water partition coefficient (Wildman–Crippen LogP) is 0.897. The van der Waals surface area contributed by atoms with Crippen molar-refractivity contribution in [1.29, 1.82) is 0 Å². The Morgan fingerprint density at radius 3 is 2.61 bits per heavy atom. The quantitative estimate of drug-likeness (QED) is 0.853. The van der Waals surface area contributed by atoms with Gasteiger partial charge in [-0.15, -0.1) is 0 Å². The van der Waals surface area contributed by atoms with Crippen LogP contribution in [0.4, 0.5) is 8.78 Å². The third kappa shape index (κ3) is 3.48. The van der Waals surface area contributed by atoms with Crippen LogP contribution < -0.4 is 5.73 Å². The average Bonchev–Trinajstić information content (AvgIpc) is 2.35. The first-order chi connectivity index (χ1) is 8.49. The predicted molar refractivity (Wildman–Crippen MR) is 62.7 cm³/mol. The summed E-state index contributed by atoms with van der Waals surface area (Å²) in [4.78, 5) is 13.2. The minimum atomic E-state index is -0.935. The van der Waals surface area contributed by atoms with Gasteiger partial charge >= 0.3 is 0 Å². The van der Waals surface area contributed by atoms with Gasteiger partial charge in [0.05, 0.1) is 0 Å². The molecule has 6 heteroatoms. The van der Waals surface area contributed by atoms with Gasteiger partial charge in [-0.2, -0.15) is 0 Å². The number of methoxy groups -OCH3 is 1. The van der Waals surface area contributed by atoms with E-state index in [0.717, 1.165) is 12.1 Å². The zero-order chi connectivity index (χ0) is 13.7. The van der Waals surface area contributed by atoms with E-state index in [0.29, 0.717) is 5.56 Å². The molecule has 100 valence electrons. The third-order valence-electron chi connectivity index (χ3n) is 2.55. The van der Waals surface area contributed by atoms with E-state index in [1.807, 2.05) is 0 Å². The Morgan fingerprint density at radius 1 is 1.44 bits per heavy atom. The van der Waals surface area contributed by atoms with Gasteiger partial charge in [0.25, 0.3) is 5.91 Å². The van der Waals surface area contributed by atoms with Gasteiger partial charge in [-0.25, -0.2) is 8.78 Å².